The van der Waals surface area contributed by atoms with Gasteiger partial charge in [0.1, 0.15) is 6.61 Å². The Morgan fingerprint density at radius 1 is 1.15 bits per heavy atom. The number of rotatable bonds is 7. The molecule has 0 amide bonds. The summed E-state index contributed by atoms with van der Waals surface area (Å²) in [6, 6.07) is 2.83. The summed E-state index contributed by atoms with van der Waals surface area (Å²) in [5.41, 5.74) is 6.71. The second-order valence-corrected chi connectivity index (χ2v) is 9.41. The summed E-state index contributed by atoms with van der Waals surface area (Å²) in [4.78, 5) is 16.0. The molecule has 1 atom stereocenters. The van der Waals surface area contributed by atoms with Crippen molar-refractivity contribution in [1.29, 1.82) is 0 Å². The first-order valence-electron chi connectivity index (χ1n) is 8.94. The van der Waals surface area contributed by atoms with Crippen LogP contribution in [-0.2, 0) is 31.7 Å². The number of hydrogen-bond donors (Lipinski definition) is 4. The molecule has 0 spiro atoms. The van der Waals surface area contributed by atoms with Crippen molar-refractivity contribution in [3.63, 3.8) is 0 Å². The number of nitrogens with one attached hydrogen (secondary N) is 1. The molecule has 1 fully saturated rings. The quantitative estimate of drug-likeness (QED) is 0.207. The second kappa shape index (κ2) is 13.9. The first-order chi connectivity index (χ1) is 15.1. The molecule has 0 aliphatic carbocycles. The lowest BCUT2D eigenvalue weighted by molar-refractivity contribution is -0.386. The third kappa shape index (κ3) is 14.2. The standard InChI is InChI=1S/C14H20N4O5.2CH4O3S/c1-21-13-3-9(12(18(19)20)4-14(13)22-2)8-23-17-11-7-16-6-10(11)5-15;2*1-5(2,3)4/h3-4,10,16H,5-8,15H2,1-2H3;2*1H3,(H,2,3,4)/b17-11+;;. The Bertz CT molecular complexity index is 981. The smallest absolute Gasteiger partial charge is 0.280 e. The van der Waals surface area contributed by atoms with Gasteiger partial charge in [0.25, 0.3) is 25.9 Å². The van der Waals surface area contributed by atoms with Gasteiger partial charge in [-0.2, -0.15) is 16.8 Å². The summed E-state index contributed by atoms with van der Waals surface area (Å²) in [5.74, 6) is 0.819. The molecule has 17 heteroatoms. The van der Waals surface area contributed by atoms with E-state index in [1.807, 2.05) is 0 Å². The molecule has 1 aromatic rings. The van der Waals surface area contributed by atoms with Gasteiger partial charge in [0.15, 0.2) is 11.5 Å². The van der Waals surface area contributed by atoms with E-state index in [0.29, 0.717) is 36.9 Å². The van der Waals surface area contributed by atoms with E-state index >= 15 is 0 Å². The monoisotopic (exact) mass is 516 g/mol. The van der Waals surface area contributed by atoms with E-state index in [-0.39, 0.29) is 24.0 Å². The number of benzene rings is 1. The van der Waals surface area contributed by atoms with Crippen molar-refractivity contribution in [2.24, 2.45) is 16.8 Å². The molecule has 1 unspecified atom stereocenters. The van der Waals surface area contributed by atoms with E-state index in [9.17, 15) is 26.9 Å². The highest BCUT2D eigenvalue weighted by Gasteiger charge is 2.22. The number of nitrogens with zero attached hydrogens (tertiary/aromatic N) is 2. The first-order valence-corrected chi connectivity index (χ1v) is 12.6. The van der Waals surface area contributed by atoms with Gasteiger partial charge in [0.05, 0.1) is 49.0 Å². The van der Waals surface area contributed by atoms with Gasteiger partial charge in [-0.3, -0.25) is 19.2 Å². The van der Waals surface area contributed by atoms with E-state index < -0.39 is 25.2 Å². The van der Waals surface area contributed by atoms with E-state index in [4.69, 9.17) is 29.2 Å². The van der Waals surface area contributed by atoms with Crippen molar-refractivity contribution in [2.75, 3.05) is 46.4 Å². The lowest BCUT2D eigenvalue weighted by Crippen LogP contribution is -2.22. The van der Waals surface area contributed by atoms with Crippen LogP contribution in [0.1, 0.15) is 5.56 Å². The third-order valence-electron chi connectivity index (χ3n) is 3.64. The van der Waals surface area contributed by atoms with Gasteiger partial charge in [-0.15, -0.1) is 0 Å². The molecule has 33 heavy (non-hydrogen) atoms. The Hall–Kier alpha value is -2.57. The number of nitro groups is 1. The van der Waals surface area contributed by atoms with Crippen LogP contribution in [0.5, 0.6) is 11.5 Å². The van der Waals surface area contributed by atoms with Crippen LogP contribution in [0.2, 0.25) is 0 Å². The Kier molecular flexibility index (Phi) is 12.8. The molecule has 15 nitrogen and oxygen atoms in total. The number of oxime groups is 1. The fourth-order valence-corrected chi connectivity index (χ4v) is 2.34. The van der Waals surface area contributed by atoms with E-state index in [1.54, 1.807) is 0 Å². The maximum absolute atomic E-state index is 11.2. The predicted molar refractivity (Wildman–Crippen MR) is 119 cm³/mol. The van der Waals surface area contributed by atoms with Gasteiger partial charge in [-0.05, 0) is 6.07 Å². The zero-order chi connectivity index (χ0) is 25.8. The van der Waals surface area contributed by atoms with Crippen molar-refractivity contribution >= 4 is 31.6 Å². The van der Waals surface area contributed by atoms with Gasteiger partial charge in [-0.1, -0.05) is 5.16 Å². The molecule has 1 aliphatic heterocycles. The van der Waals surface area contributed by atoms with Crippen LogP contribution in [-0.4, -0.2) is 82.9 Å². The van der Waals surface area contributed by atoms with E-state index in [2.05, 4.69) is 10.5 Å². The predicted octanol–water partition coefficient (Wildman–Crippen LogP) is -0.329. The fraction of sp³-hybridized carbons (Fsp3) is 0.562. The number of ether oxygens (including phenoxy) is 2. The number of methoxy groups -OCH3 is 2. The maximum atomic E-state index is 11.2. The molecule has 0 bridgehead atoms. The van der Waals surface area contributed by atoms with Crippen LogP contribution < -0.4 is 20.5 Å². The fourth-order valence-electron chi connectivity index (χ4n) is 2.34. The highest BCUT2D eigenvalue weighted by molar-refractivity contribution is 7.85. The highest BCUT2D eigenvalue weighted by atomic mass is 32.2. The Morgan fingerprint density at radius 3 is 2.06 bits per heavy atom. The van der Waals surface area contributed by atoms with Crippen molar-refractivity contribution in [3.05, 3.63) is 27.8 Å². The average Bonchev–Trinajstić information content (AvgIpc) is 3.12. The average molecular weight is 517 g/mol. The van der Waals surface area contributed by atoms with Crippen LogP contribution >= 0.6 is 0 Å². The van der Waals surface area contributed by atoms with E-state index in [1.165, 1.54) is 26.4 Å². The first kappa shape index (κ1) is 30.4. The Balaban J connectivity index is 0.000000859. The molecule has 1 heterocycles. The lowest BCUT2D eigenvalue weighted by Gasteiger charge is -2.10. The van der Waals surface area contributed by atoms with Crippen LogP contribution in [0.15, 0.2) is 17.3 Å². The summed E-state index contributed by atoms with van der Waals surface area (Å²) in [6.45, 7) is 1.80. The van der Waals surface area contributed by atoms with Crippen LogP contribution in [0, 0.1) is 16.0 Å². The number of nitrogens with two attached hydrogens (primary N) is 1. The summed E-state index contributed by atoms with van der Waals surface area (Å²) in [6.07, 6.45) is 1.43. The third-order valence-corrected chi connectivity index (χ3v) is 3.64. The van der Waals surface area contributed by atoms with Crippen LogP contribution in [0.3, 0.4) is 0 Å². The Morgan fingerprint density at radius 2 is 1.64 bits per heavy atom. The van der Waals surface area contributed by atoms with E-state index in [0.717, 1.165) is 12.3 Å². The topological polar surface area (TPSA) is 230 Å². The highest BCUT2D eigenvalue weighted by Crippen LogP contribution is 2.34. The summed E-state index contributed by atoms with van der Waals surface area (Å²) >= 11 is 0. The van der Waals surface area contributed by atoms with Crippen molar-refractivity contribution in [3.8, 4) is 11.5 Å². The van der Waals surface area contributed by atoms with Crippen molar-refractivity contribution in [2.45, 2.75) is 6.61 Å². The molecule has 0 saturated carbocycles. The molecule has 0 aromatic heterocycles. The molecular weight excluding hydrogens is 488 g/mol. The largest absolute Gasteiger partial charge is 0.493 e. The normalized spacial score (nSPS) is 16.7. The minimum Gasteiger partial charge on any atom is -0.493 e. The SMILES string of the molecule is COc1cc(CO/N=C2\CNCC2CN)c([N+](=O)[O-])cc1OC.CS(=O)(=O)O.CS(=O)(=O)O. The minimum atomic E-state index is -3.67. The van der Waals surface area contributed by atoms with Crippen molar-refractivity contribution < 1.29 is 45.2 Å². The molecule has 5 N–H and O–H groups in total. The second-order valence-electron chi connectivity index (χ2n) is 6.48. The zero-order valence-electron chi connectivity index (χ0n) is 18.4. The Labute approximate surface area is 191 Å². The molecule has 1 aromatic carbocycles. The molecule has 1 aliphatic rings. The summed E-state index contributed by atoms with van der Waals surface area (Å²) < 4.78 is 62.0. The lowest BCUT2D eigenvalue weighted by atomic mass is 10.1. The van der Waals surface area contributed by atoms with Crippen LogP contribution in [0.25, 0.3) is 0 Å². The van der Waals surface area contributed by atoms with Gasteiger partial charge >= 0.3 is 0 Å². The maximum Gasteiger partial charge on any atom is 0.280 e. The minimum absolute atomic E-state index is 0.0442. The van der Waals surface area contributed by atoms with Gasteiger partial charge in [-0.25, -0.2) is 0 Å². The summed E-state index contributed by atoms with van der Waals surface area (Å²) in [5, 5.41) is 18.4. The molecular formula is C16H28N4O11S2. The molecule has 190 valence electrons. The molecule has 2 rings (SSSR count). The number of nitro benzene ring substituents is 1. The summed E-state index contributed by atoms with van der Waals surface area (Å²) in [7, 11) is -4.45. The van der Waals surface area contributed by atoms with Gasteiger partial charge in [0, 0.05) is 25.6 Å². The number of hydrogen-bond acceptors (Lipinski definition) is 12. The van der Waals surface area contributed by atoms with Gasteiger partial charge in [0.2, 0.25) is 0 Å². The van der Waals surface area contributed by atoms with Crippen molar-refractivity contribution in [1.82, 2.24) is 5.32 Å². The zero-order valence-corrected chi connectivity index (χ0v) is 20.1. The molecule has 0 radical (unpaired) electrons. The van der Waals surface area contributed by atoms with Gasteiger partial charge < -0.3 is 25.4 Å². The molecule has 1 saturated heterocycles. The van der Waals surface area contributed by atoms with Crippen LogP contribution in [0.4, 0.5) is 5.69 Å².